The molecule has 0 spiro atoms. The Morgan fingerprint density at radius 3 is 2.61 bits per heavy atom. The maximum atomic E-state index is 11.5. The van der Waals surface area contributed by atoms with Crippen molar-refractivity contribution in [3.63, 3.8) is 0 Å². The van der Waals surface area contributed by atoms with Crippen LogP contribution in [-0.2, 0) is 4.79 Å². The zero-order chi connectivity index (χ0) is 13.4. The van der Waals surface area contributed by atoms with Crippen LogP contribution in [0.25, 0.3) is 0 Å². The SMILES string of the molecule is CCC(NC(=O)NCCN1CCSCC1)C(=O)O. The number of hydrogen-bond acceptors (Lipinski definition) is 4. The van der Waals surface area contributed by atoms with E-state index >= 15 is 0 Å². The number of nitrogens with zero attached hydrogens (tertiary/aromatic N) is 1. The summed E-state index contributed by atoms with van der Waals surface area (Å²) in [4.78, 5) is 24.5. The molecule has 0 aromatic carbocycles. The second-order valence-electron chi connectivity index (χ2n) is 4.15. The van der Waals surface area contributed by atoms with Crippen molar-refractivity contribution in [1.29, 1.82) is 0 Å². The molecule has 0 radical (unpaired) electrons. The third-order valence-corrected chi connectivity index (χ3v) is 3.77. The van der Waals surface area contributed by atoms with Crippen LogP contribution in [0.3, 0.4) is 0 Å². The Kier molecular flexibility index (Phi) is 6.89. The lowest BCUT2D eigenvalue weighted by molar-refractivity contribution is -0.139. The molecule has 0 aromatic rings. The zero-order valence-corrected chi connectivity index (χ0v) is 11.5. The largest absolute Gasteiger partial charge is 0.480 e. The number of carbonyl (C=O) groups excluding carboxylic acids is 1. The molecule has 1 aliphatic heterocycles. The minimum absolute atomic E-state index is 0.381. The number of rotatable bonds is 6. The molecule has 1 heterocycles. The van der Waals surface area contributed by atoms with Crippen molar-refractivity contribution in [2.24, 2.45) is 0 Å². The molecular formula is C11H21N3O3S. The summed E-state index contributed by atoms with van der Waals surface area (Å²) in [6, 6.07) is -1.22. The van der Waals surface area contributed by atoms with Gasteiger partial charge in [0.2, 0.25) is 0 Å². The molecule has 0 bridgehead atoms. The second kappa shape index (κ2) is 8.20. The number of amides is 2. The van der Waals surface area contributed by atoms with Gasteiger partial charge in [0.25, 0.3) is 0 Å². The summed E-state index contributed by atoms with van der Waals surface area (Å²) in [7, 11) is 0. The maximum absolute atomic E-state index is 11.5. The normalized spacial score (nSPS) is 18.1. The van der Waals surface area contributed by atoms with Gasteiger partial charge in [-0.1, -0.05) is 6.92 Å². The van der Waals surface area contributed by atoms with Crippen LogP contribution in [0.5, 0.6) is 0 Å². The topological polar surface area (TPSA) is 81.7 Å². The number of aliphatic carboxylic acids is 1. The molecule has 1 fully saturated rings. The molecule has 6 nitrogen and oxygen atoms in total. The first-order chi connectivity index (χ1) is 8.63. The third-order valence-electron chi connectivity index (χ3n) is 2.83. The summed E-state index contributed by atoms with van der Waals surface area (Å²) in [5, 5.41) is 13.9. The second-order valence-corrected chi connectivity index (χ2v) is 5.38. The number of carboxylic acid groups (broad SMARTS) is 1. The molecule has 2 amide bonds. The minimum atomic E-state index is -0.999. The number of nitrogens with one attached hydrogen (secondary N) is 2. The Bertz CT molecular complexity index is 283. The smallest absolute Gasteiger partial charge is 0.326 e. The van der Waals surface area contributed by atoms with E-state index in [0.717, 1.165) is 31.1 Å². The Labute approximate surface area is 111 Å². The van der Waals surface area contributed by atoms with Gasteiger partial charge in [-0.05, 0) is 6.42 Å². The van der Waals surface area contributed by atoms with Crippen molar-refractivity contribution in [1.82, 2.24) is 15.5 Å². The first-order valence-electron chi connectivity index (χ1n) is 6.20. The van der Waals surface area contributed by atoms with Crippen molar-refractivity contribution in [3.8, 4) is 0 Å². The van der Waals surface area contributed by atoms with Gasteiger partial charge in [-0.15, -0.1) is 0 Å². The lowest BCUT2D eigenvalue weighted by Gasteiger charge is -2.26. The molecule has 0 aromatic heterocycles. The van der Waals surface area contributed by atoms with E-state index in [1.54, 1.807) is 6.92 Å². The quantitative estimate of drug-likeness (QED) is 0.645. The van der Waals surface area contributed by atoms with Crippen LogP contribution >= 0.6 is 11.8 Å². The molecule has 104 valence electrons. The third kappa shape index (κ3) is 5.59. The average molecular weight is 275 g/mol. The molecule has 3 N–H and O–H groups in total. The van der Waals surface area contributed by atoms with Crippen molar-refractivity contribution >= 4 is 23.8 Å². The van der Waals surface area contributed by atoms with Gasteiger partial charge in [0.05, 0.1) is 0 Å². The van der Waals surface area contributed by atoms with Crippen LogP contribution in [0.1, 0.15) is 13.3 Å². The average Bonchev–Trinajstić information content (AvgIpc) is 2.37. The van der Waals surface area contributed by atoms with E-state index in [2.05, 4.69) is 15.5 Å². The van der Waals surface area contributed by atoms with Crippen molar-refractivity contribution < 1.29 is 14.7 Å². The molecule has 0 aliphatic carbocycles. The van der Waals surface area contributed by atoms with Crippen LogP contribution in [0, 0.1) is 0 Å². The van der Waals surface area contributed by atoms with Crippen LogP contribution in [-0.4, -0.2) is 65.7 Å². The summed E-state index contributed by atoms with van der Waals surface area (Å²) < 4.78 is 0. The zero-order valence-electron chi connectivity index (χ0n) is 10.6. The number of urea groups is 1. The molecular weight excluding hydrogens is 254 g/mol. The summed E-state index contributed by atoms with van der Waals surface area (Å²) in [6.45, 7) is 5.20. The van der Waals surface area contributed by atoms with Gasteiger partial charge in [0.1, 0.15) is 6.04 Å². The van der Waals surface area contributed by atoms with Crippen molar-refractivity contribution in [2.45, 2.75) is 19.4 Å². The highest BCUT2D eigenvalue weighted by Gasteiger charge is 2.17. The number of hydrogen-bond donors (Lipinski definition) is 3. The first-order valence-corrected chi connectivity index (χ1v) is 7.36. The minimum Gasteiger partial charge on any atom is -0.480 e. The summed E-state index contributed by atoms with van der Waals surface area (Å²) in [5.74, 6) is 1.28. The highest BCUT2D eigenvalue weighted by atomic mass is 32.2. The van der Waals surface area contributed by atoms with Crippen LogP contribution in [0.4, 0.5) is 4.79 Å². The molecule has 7 heteroatoms. The maximum Gasteiger partial charge on any atom is 0.326 e. The van der Waals surface area contributed by atoms with Crippen LogP contribution < -0.4 is 10.6 Å². The lowest BCUT2D eigenvalue weighted by Crippen LogP contribution is -2.47. The van der Waals surface area contributed by atoms with E-state index in [9.17, 15) is 9.59 Å². The van der Waals surface area contributed by atoms with Crippen molar-refractivity contribution in [3.05, 3.63) is 0 Å². The van der Waals surface area contributed by atoms with E-state index in [-0.39, 0.29) is 0 Å². The van der Waals surface area contributed by atoms with Crippen LogP contribution in [0.2, 0.25) is 0 Å². The van der Waals surface area contributed by atoms with Gasteiger partial charge < -0.3 is 15.7 Å². The van der Waals surface area contributed by atoms with Crippen molar-refractivity contribution in [2.75, 3.05) is 37.7 Å². The standard InChI is InChI=1S/C11H21N3O3S/c1-2-9(10(15)16)13-11(17)12-3-4-14-5-7-18-8-6-14/h9H,2-8H2,1H3,(H,15,16)(H2,12,13,17). The van der Waals surface area contributed by atoms with Gasteiger partial charge in [-0.25, -0.2) is 9.59 Å². The highest BCUT2D eigenvalue weighted by Crippen LogP contribution is 2.07. The van der Waals surface area contributed by atoms with Gasteiger partial charge >= 0.3 is 12.0 Å². The Balaban J connectivity index is 2.14. The van der Waals surface area contributed by atoms with E-state index < -0.39 is 18.0 Å². The fraction of sp³-hybridized carbons (Fsp3) is 0.818. The monoisotopic (exact) mass is 275 g/mol. The summed E-state index contributed by atoms with van der Waals surface area (Å²) in [5.41, 5.74) is 0. The Hall–Kier alpha value is -0.950. The van der Waals surface area contributed by atoms with E-state index in [1.165, 1.54) is 0 Å². The molecule has 1 atom stereocenters. The number of thioether (sulfide) groups is 1. The molecule has 1 saturated heterocycles. The predicted octanol–water partition coefficient (Wildman–Crippen LogP) is 0.198. The molecule has 18 heavy (non-hydrogen) atoms. The molecule has 1 aliphatic rings. The first kappa shape index (κ1) is 15.1. The van der Waals surface area contributed by atoms with E-state index in [0.29, 0.717) is 13.0 Å². The number of carbonyl (C=O) groups is 2. The van der Waals surface area contributed by atoms with Crippen LogP contribution in [0.15, 0.2) is 0 Å². The number of carboxylic acids is 1. The summed E-state index contributed by atoms with van der Waals surface area (Å²) in [6.07, 6.45) is 0.381. The van der Waals surface area contributed by atoms with E-state index in [1.807, 2.05) is 11.8 Å². The predicted molar refractivity (Wildman–Crippen MR) is 72.0 cm³/mol. The van der Waals surface area contributed by atoms with E-state index in [4.69, 9.17) is 5.11 Å². The highest BCUT2D eigenvalue weighted by molar-refractivity contribution is 7.99. The van der Waals surface area contributed by atoms with Gasteiger partial charge in [-0.2, -0.15) is 11.8 Å². The fourth-order valence-electron chi connectivity index (χ4n) is 1.70. The molecule has 1 unspecified atom stereocenters. The Morgan fingerprint density at radius 2 is 2.06 bits per heavy atom. The molecule has 0 saturated carbocycles. The summed E-state index contributed by atoms with van der Waals surface area (Å²) >= 11 is 1.95. The van der Waals surface area contributed by atoms with Gasteiger partial charge in [0, 0.05) is 37.7 Å². The molecule has 1 rings (SSSR count). The van der Waals surface area contributed by atoms with Gasteiger partial charge in [0.15, 0.2) is 0 Å². The van der Waals surface area contributed by atoms with Gasteiger partial charge in [-0.3, -0.25) is 4.90 Å². The fourth-order valence-corrected chi connectivity index (χ4v) is 2.68. The Morgan fingerprint density at radius 1 is 1.39 bits per heavy atom. The lowest BCUT2D eigenvalue weighted by atomic mass is 10.2.